The fraction of sp³-hybridized carbons (Fsp3) is 0.750. The van der Waals surface area contributed by atoms with Crippen LogP contribution in [0.25, 0.3) is 0 Å². The molecule has 0 saturated heterocycles. The van der Waals surface area contributed by atoms with Gasteiger partial charge in [0.15, 0.2) is 5.60 Å². The Morgan fingerprint density at radius 2 is 1.67 bits per heavy atom. The van der Waals surface area contributed by atoms with Crippen LogP contribution in [0.4, 0.5) is 0 Å². The van der Waals surface area contributed by atoms with Gasteiger partial charge in [-0.15, -0.1) is 0 Å². The first kappa shape index (κ1) is 14.0. The number of carboxylic acids is 1. The summed E-state index contributed by atoms with van der Waals surface area (Å²) < 4.78 is 0. The van der Waals surface area contributed by atoms with Crippen LogP contribution in [0.15, 0.2) is 0 Å². The Morgan fingerprint density at radius 1 is 1.27 bits per heavy atom. The van der Waals surface area contributed by atoms with Crippen LogP contribution in [0.1, 0.15) is 13.8 Å². The lowest BCUT2D eigenvalue weighted by molar-refractivity contribution is -0.200. The molecule has 0 saturated carbocycles. The second-order valence-corrected chi connectivity index (χ2v) is 3.55. The Morgan fingerprint density at radius 3 is 1.93 bits per heavy atom. The monoisotopic (exact) mass is 222 g/mol. The summed E-state index contributed by atoms with van der Waals surface area (Å²) in [5.74, 6) is -3.61. The highest BCUT2D eigenvalue weighted by Gasteiger charge is 2.54. The molecule has 88 valence electrons. The van der Waals surface area contributed by atoms with Crippen molar-refractivity contribution in [1.29, 1.82) is 0 Å². The lowest BCUT2D eigenvalue weighted by Crippen LogP contribution is -2.64. The zero-order chi connectivity index (χ0) is 12.4. The molecule has 0 radical (unpaired) electrons. The molecule has 0 bridgehead atoms. The topological polar surface area (TPSA) is 135 Å². The third-order valence-electron chi connectivity index (χ3n) is 2.44. The number of aliphatic carboxylic acids is 1. The first-order valence-corrected chi connectivity index (χ1v) is 4.10. The molecule has 0 amide bonds. The van der Waals surface area contributed by atoms with Crippen molar-refractivity contribution in [3.63, 3.8) is 0 Å². The first-order valence-electron chi connectivity index (χ1n) is 4.10. The zero-order valence-corrected chi connectivity index (χ0v) is 8.34. The molecule has 0 spiro atoms. The number of hydrogen-bond donors (Lipinski definition) is 5. The van der Waals surface area contributed by atoms with Crippen LogP contribution in [0.5, 0.6) is 0 Å². The Kier molecular flexibility index (Phi) is 3.94. The van der Waals surface area contributed by atoms with E-state index < -0.39 is 35.7 Å². The lowest BCUT2D eigenvalue weighted by atomic mass is 9.78. The summed E-state index contributed by atoms with van der Waals surface area (Å²) in [6.07, 6.45) is -1.84. The summed E-state index contributed by atoms with van der Waals surface area (Å²) in [7, 11) is 0. The summed E-state index contributed by atoms with van der Waals surface area (Å²) in [5.41, 5.74) is -5.15. The van der Waals surface area contributed by atoms with Crippen molar-refractivity contribution in [3.05, 3.63) is 0 Å². The van der Waals surface area contributed by atoms with E-state index in [1.54, 1.807) is 0 Å². The molecule has 0 aliphatic carbocycles. The number of aliphatic hydroxyl groups is 4. The van der Waals surface area contributed by atoms with E-state index in [1.165, 1.54) is 0 Å². The summed E-state index contributed by atoms with van der Waals surface area (Å²) in [6, 6.07) is 0. The van der Waals surface area contributed by atoms with Gasteiger partial charge >= 0.3 is 5.97 Å². The van der Waals surface area contributed by atoms with Crippen LogP contribution in [-0.2, 0) is 9.59 Å². The molecular formula is C8H14O7. The van der Waals surface area contributed by atoms with Gasteiger partial charge in [0, 0.05) is 0 Å². The minimum absolute atomic E-state index is 0.752. The van der Waals surface area contributed by atoms with Crippen LogP contribution in [0.3, 0.4) is 0 Å². The van der Waals surface area contributed by atoms with Crippen molar-refractivity contribution >= 4 is 11.8 Å². The second-order valence-electron chi connectivity index (χ2n) is 3.55. The van der Waals surface area contributed by atoms with E-state index in [2.05, 4.69) is 0 Å². The Labute approximate surface area is 85.6 Å². The summed E-state index contributed by atoms with van der Waals surface area (Å²) in [4.78, 5) is 21.4. The molecule has 3 unspecified atom stereocenters. The predicted molar refractivity (Wildman–Crippen MR) is 47.0 cm³/mol. The highest BCUT2D eigenvalue weighted by Crippen LogP contribution is 2.26. The Bertz CT molecular complexity index is 268. The molecule has 0 aromatic carbocycles. The van der Waals surface area contributed by atoms with Gasteiger partial charge in [-0.05, 0) is 13.8 Å². The molecular weight excluding hydrogens is 208 g/mol. The molecule has 0 aliphatic rings. The van der Waals surface area contributed by atoms with E-state index in [1.807, 2.05) is 0 Å². The third-order valence-corrected chi connectivity index (χ3v) is 2.44. The summed E-state index contributed by atoms with van der Waals surface area (Å²) >= 11 is 0. The maximum Gasteiger partial charge on any atom is 0.375 e. The minimum Gasteiger partial charge on any atom is -0.475 e. The maximum atomic E-state index is 11.0. The molecule has 0 fully saturated rings. The van der Waals surface area contributed by atoms with Crippen molar-refractivity contribution in [2.24, 2.45) is 0 Å². The van der Waals surface area contributed by atoms with Crippen molar-refractivity contribution < 1.29 is 35.1 Å². The number of aliphatic hydroxyl groups excluding tert-OH is 2. The zero-order valence-electron chi connectivity index (χ0n) is 8.34. The Hall–Kier alpha value is -1.02. The SMILES string of the molecule is CC(O)(C(=O)C(=O)O)C(C)(O)C(O)CO. The average Bonchev–Trinajstić information content (AvgIpc) is 2.14. The molecule has 7 nitrogen and oxygen atoms in total. The standard InChI is InChI=1S/C8H14O7/c1-7(14,4(10)3-9)8(2,15)5(11)6(12)13/h4,9-10,14-15H,3H2,1-2H3,(H,12,13). The predicted octanol–water partition coefficient (Wildman–Crippen LogP) is -2.50. The maximum absolute atomic E-state index is 11.0. The van der Waals surface area contributed by atoms with E-state index in [0.29, 0.717) is 0 Å². The molecule has 0 aliphatic heterocycles. The van der Waals surface area contributed by atoms with E-state index in [4.69, 9.17) is 15.3 Å². The number of Topliss-reactive ketones (excluding diaryl/α,β-unsaturated/α-hetero) is 1. The van der Waals surface area contributed by atoms with Gasteiger partial charge in [-0.1, -0.05) is 0 Å². The van der Waals surface area contributed by atoms with E-state index in [9.17, 15) is 19.8 Å². The second kappa shape index (κ2) is 4.23. The van der Waals surface area contributed by atoms with Gasteiger partial charge in [0.2, 0.25) is 0 Å². The number of carbonyl (C=O) groups is 2. The fourth-order valence-corrected chi connectivity index (χ4v) is 0.940. The van der Waals surface area contributed by atoms with Crippen molar-refractivity contribution in [3.8, 4) is 0 Å². The number of ketones is 1. The minimum atomic E-state index is -2.69. The van der Waals surface area contributed by atoms with Crippen LogP contribution in [0.2, 0.25) is 0 Å². The van der Waals surface area contributed by atoms with Gasteiger partial charge in [0.1, 0.15) is 11.7 Å². The van der Waals surface area contributed by atoms with Gasteiger partial charge < -0.3 is 25.5 Å². The molecule has 15 heavy (non-hydrogen) atoms. The van der Waals surface area contributed by atoms with E-state index in [-0.39, 0.29) is 0 Å². The fourth-order valence-electron chi connectivity index (χ4n) is 0.940. The highest BCUT2D eigenvalue weighted by molar-refractivity contribution is 6.36. The normalized spacial score (nSPS) is 21.2. The number of carboxylic acid groups (broad SMARTS) is 1. The van der Waals surface area contributed by atoms with E-state index in [0.717, 1.165) is 13.8 Å². The smallest absolute Gasteiger partial charge is 0.375 e. The Balaban J connectivity index is 5.17. The average molecular weight is 222 g/mol. The molecule has 5 N–H and O–H groups in total. The number of hydrogen-bond acceptors (Lipinski definition) is 6. The lowest BCUT2D eigenvalue weighted by Gasteiger charge is -2.38. The summed E-state index contributed by atoms with van der Waals surface area (Å²) in [5, 5.41) is 45.2. The van der Waals surface area contributed by atoms with E-state index >= 15 is 0 Å². The third kappa shape index (κ3) is 2.32. The van der Waals surface area contributed by atoms with Gasteiger partial charge in [-0.25, -0.2) is 4.79 Å². The van der Waals surface area contributed by atoms with Gasteiger partial charge in [0.25, 0.3) is 5.78 Å². The largest absolute Gasteiger partial charge is 0.475 e. The van der Waals surface area contributed by atoms with Gasteiger partial charge in [-0.3, -0.25) is 4.79 Å². The summed E-state index contributed by atoms with van der Waals surface area (Å²) in [6.45, 7) is 0.688. The van der Waals surface area contributed by atoms with Crippen LogP contribution < -0.4 is 0 Å². The number of carbonyl (C=O) groups excluding carboxylic acids is 1. The first-order chi connectivity index (χ1) is 6.59. The quantitative estimate of drug-likeness (QED) is 0.324. The molecule has 3 atom stereocenters. The van der Waals surface area contributed by atoms with Crippen LogP contribution >= 0.6 is 0 Å². The molecule has 0 aromatic rings. The van der Waals surface area contributed by atoms with Crippen molar-refractivity contribution in [2.45, 2.75) is 31.2 Å². The van der Waals surface area contributed by atoms with Crippen LogP contribution in [-0.4, -0.2) is 61.2 Å². The highest BCUT2D eigenvalue weighted by atomic mass is 16.4. The van der Waals surface area contributed by atoms with Crippen LogP contribution in [0, 0.1) is 0 Å². The molecule has 0 rings (SSSR count). The van der Waals surface area contributed by atoms with Gasteiger partial charge in [-0.2, -0.15) is 0 Å². The molecule has 0 aromatic heterocycles. The molecule has 7 heteroatoms. The number of rotatable bonds is 5. The molecule has 0 heterocycles. The van der Waals surface area contributed by atoms with Crippen molar-refractivity contribution in [2.75, 3.05) is 6.61 Å². The van der Waals surface area contributed by atoms with Gasteiger partial charge in [0.05, 0.1) is 6.61 Å². The van der Waals surface area contributed by atoms with Crippen molar-refractivity contribution in [1.82, 2.24) is 0 Å².